The zero-order valence-corrected chi connectivity index (χ0v) is 17.6. The molecule has 0 bridgehead atoms. The highest BCUT2D eigenvalue weighted by atomic mass is 16.5. The van der Waals surface area contributed by atoms with Crippen LogP contribution in [0.15, 0.2) is 59.8 Å². The summed E-state index contributed by atoms with van der Waals surface area (Å²) in [7, 11) is 1.60. The van der Waals surface area contributed by atoms with Crippen LogP contribution in [0.25, 0.3) is 0 Å². The van der Waals surface area contributed by atoms with E-state index in [4.69, 9.17) is 14.2 Å². The molecule has 0 radical (unpaired) electrons. The van der Waals surface area contributed by atoms with Crippen molar-refractivity contribution >= 4 is 11.9 Å². The normalized spacial score (nSPS) is 16.1. The van der Waals surface area contributed by atoms with E-state index in [0.717, 1.165) is 23.3 Å². The van der Waals surface area contributed by atoms with Crippen LogP contribution in [0.5, 0.6) is 11.5 Å². The van der Waals surface area contributed by atoms with Gasteiger partial charge >= 0.3 is 5.97 Å². The highest BCUT2D eigenvalue weighted by Crippen LogP contribution is 2.38. The molecule has 0 spiro atoms. The third kappa shape index (κ3) is 5.00. The molecule has 0 saturated heterocycles. The molecule has 3 rings (SSSR count). The average Bonchev–Trinajstić information content (AvgIpc) is 2.76. The first-order chi connectivity index (χ1) is 14.5. The largest absolute Gasteiger partial charge is 0.497 e. The molecule has 6 nitrogen and oxygen atoms in total. The Morgan fingerprint density at radius 2 is 1.87 bits per heavy atom. The summed E-state index contributed by atoms with van der Waals surface area (Å²) in [5, 5.41) is 2.77. The summed E-state index contributed by atoms with van der Waals surface area (Å²) in [4.78, 5) is 25.3. The number of carbonyl (C=O) groups excluding carboxylic acids is 2. The quantitative estimate of drug-likeness (QED) is 0.665. The van der Waals surface area contributed by atoms with Crippen molar-refractivity contribution < 1.29 is 23.8 Å². The number of allylic oxidation sites excluding steroid dienone is 1. The Morgan fingerprint density at radius 1 is 1.13 bits per heavy atom. The summed E-state index contributed by atoms with van der Waals surface area (Å²) < 4.78 is 16.6. The fourth-order valence-corrected chi connectivity index (χ4v) is 3.50. The summed E-state index contributed by atoms with van der Waals surface area (Å²) in [5.74, 6) is 0.429. The van der Waals surface area contributed by atoms with Gasteiger partial charge in [0.25, 0.3) is 0 Å². The second-order valence-electron chi connectivity index (χ2n) is 7.15. The van der Waals surface area contributed by atoms with Crippen LogP contribution < -0.4 is 14.8 Å². The Bertz CT molecular complexity index is 933. The molecule has 1 N–H and O–H groups in total. The Balaban J connectivity index is 1.83. The van der Waals surface area contributed by atoms with Crippen molar-refractivity contribution in [3.05, 3.63) is 70.9 Å². The van der Waals surface area contributed by atoms with E-state index in [1.165, 1.54) is 0 Å². The average molecular weight is 409 g/mol. The van der Waals surface area contributed by atoms with Crippen molar-refractivity contribution in [2.24, 2.45) is 0 Å². The first kappa shape index (κ1) is 21.4. The molecule has 6 heteroatoms. The maximum Gasteiger partial charge on any atom is 0.336 e. The number of rotatable bonds is 8. The molecule has 2 aromatic rings. The van der Waals surface area contributed by atoms with E-state index < -0.39 is 11.9 Å². The SMILES string of the molecule is CCCOc1ccccc1[C@H]1CC(=O)NC(C)=C1C(=O)OCc1ccc(OC)cc1. The van der Waals surface area contributed by atoms with Crippen LogP contribution in [0, 0.1) is 0 Å². The van der Waals surface area contributed by atoms with Gasteiger partial charge in [0, 0.05) is 23.6 Å². The van der Waals surface area contributed by atoms with Gasteiger partial charge in [-0.2, -0.15) is 0 Å². The number of carbonyl (C=O) groups is 2. The molecule has 1 aliphatic heterocycles. The highest BCUT2D eigenvalue weighted by molar-refractivity contribution is 5.96. The lowest BCUT2D eigenvalue weighted by molar-refractivity contribution is -0.141. The Labute approximate surface area is 176 Å². The molecule has 2 aromatic carbocycles. The summed E-state index contributed by atoms with van der Waals surface area (Å²) in [5.41, 5.74) is 2.64. The lowest BCUT2D eigenvalue weighted by atomic mass is 9.84. The lowest BCUT2D eigenvalue weighted by Gasteiger charge is -2.28. The Hall–Kier alpha value is -3.28. The van der Waals surface area contributed by atoms with Gasteiger partial charge in [-0.1, -0.05) is 37.3 Å². The van der Waals surface area contributed by atoms with E-state index in [1.54, 1.807) is 14.0 Å². The number of ether oxygens (including phenoxy) is 3. The van der Waals surface area contributed by atoms with E-state index in [0.29, 0.717) is 23.6 Å². The third-order valence-corrected chi connectivity index (χ3v) is 4.97. The minimum absolute atomic E-state index is 0.130. The minimum atomic E-state index is -0.446. The molecule has 0 fully saturated rings. The number of hydrogen-bond donors (Lipinski definition) is 1. The lowest BCUT2D eigenvalue weighted by Crippen LogP contribution is -2.34. The molecular weight excluding hydrogens is 382 g/mol. The molecule has 0 saturated carbocycles. The number of benzene rings is 2. The Kier molecular flexibility index (Phi) is 7.12. The summed E-state index contributed by atoms with van der Waals surface area (Å²) in [6.07, 6.45) is 1.03. The van der Waals surface area contributed by atoms with Crippen LogP contribution in [-0.4, -0.2) is 25.6 Å². The summed E-state index contributed by atoms with van der Waals surface area (Å²) in [6.45, 7) is 4.45. The fraction of sp³-hybridized carbons (Fsp3) is 0.333. The first-order valence-corrected chi connectivity index (χ1v) is 10.1. The molecule has 158 valence electrons. The van der Waals surface area contributed by atoms with Gasteiger partial charge in [0.2, 0.25) is 5.91 Å². The predicted octanol–water partition coefficient (Wildman–Crippen LogP) is 4.10. The number of para-hydroxylation sites is 1. The van der Waals surface area contributed by atoms with Crippen LogP contribution in [0.1, 0.15) is 43.7 Å². The van der Waals surface area contributed by atoms with Gasteiger partial charge in [-0.15, -0.1) is 0 Å². The molecular formula is C24H27NO5. The van der Waals surface area contributed by atoms with E-state index in [1.807, 2.05) is 55.5 Å². The van der Waals surface area contributed by atoms with Crippen LogP contribution in [0.2, 0.25) is 0 Å². The van der Waals surface area contributed by atoms with Crippen LogP contribution in [0.3, 0.4) is 0 Å². The molecule has 30 heavy (non-hydrogen) atoms. The third-order valence-electron chi connectivity index (χ3n) is 4.97. The summed E-state index contributed by atoms with van der Waals surface area (Å²) in [6, 6.07) is 14.9. The van der Waals surface area contributed by atoms with Crippen LogP contribution >= 0.6 is 0 Å². The van der Waals surface area contributed by atoms with E-state index >= 15 is 0 Å². The number of methoxy groups -OCH3 is 1. The molecule has 0 aromatic heterocycles. The van der Waals surface area contributed by atoms with Crippen molar-refractivity contribution in [2.45, 2.75) is 39.2 Å². The minimum Gasteiger partial charge on any atom is -0.497 e. The monoisotopic (exact) mass is 409 g/mol. The van der Waals surface area contributed by atoms with Gasteiger partial charge in [-0.25, -0.2) is 4.79 Å². The van der Waals surface area contributed by atoms with Gasteiger partial charge in [0.1, 0.15) is 18.1 Å². The standard InChI is InChI=1S/C24H27NO5/c1-4-13-29-21-8-6-5-7-19(21)20-14-22(26)25-16(2)23(20)24(27)30-15-17-9-11-18(28-3)12-10-17/h5-12,20H,4,13-15H2,1-3H3,(H,25,26)/t20-/m1/s1. The molecule has 0 aliphatic carbocycles. The molecule has 0 unspecified atom stereocenters. The Morgan fingerprint density at radius 3 is 2.57 bits per heavy atom. The fourth-order valence-electron chi connectivity index (χ4n) is 3.50. The van der Waals surface area contributed by atoms with Crippen LogP contribution in [-0.2, 0) is 20.9 Å². The maximum absolute atomic E-state index is 13.0. The smallest absolute Gasteiger partial charge is 0.336 e. The van der Waals surface area contributed by atoms with Crippen molar-refractivity contribution in [1.29, 1.82) is 0 Å². The molecule has 1 aliphatic rings. The van der Waals surface area contributed by atoms with E-state index in [2.05, 4.69) is 5.32 Å². The van der Waals surface area contributed by atoms with Crippen molar-refractivity contribution in [1.82, 2.24) is 5.32 Å². The van der Waals surface area contributed by atoms with E-state index in [-0.39, 0.29) is 18.9 Å². The molecule has 1 amide bonds. The van der Waals surface area contributed by atoms with Crippen LogP contribution in [0.4, 0.5) is 0 Å². The van der Waals surface area contributed by atoms with Crippen molar-refractivity contribution in [3.63, 3.8) is 0 Å². The zero-order valence-electron chi connectivity index (χ0n) is 17.6. The maximum atomic E-state index is 13.0. The number of amides is 1. The van der Waals surface area contributed by atoms with Crippen molar-refractivity contribution in [2.75, 3.05) is 13.7 Å². The van der Waals surface area contributed by atoms with Gasteiger partial charge in [0.15, 0.2) is 0 Å². The number of nitrogens with one attached hydrogen (secondary N) is 1. The van der Waals surface area contributed by atoms with E-state index in [9.17, 15) is 9.59 Å². The number of esters is 1. The van der Waals surface area contributed by atoms with Gasteiger partial charge < -0.3 is 19.5 Å². The second kappa shape index (κ2) is 9.96. The van der Waals surface area contributed by atoms with Gasteiger partial charge in [0.05, 0.1) is 19.3 Å². The first-order valence-electron chi connectivity index (χ1n) is 10.1. The molecule has 1 heterocycles. The van der Waals surface area contributed by atoms with Gasteiger partial charge in [-0.3, -0.25) is 4.79 Å². The zero-order chi connectivity index (χ0) is 21.5. The second-order valence-corrected chi connectivity index (χ2v) is 7.15. The van der Waals surface area contributed by atoms with Crippen molar-refractivity contribution in [3.8, 4) is 11.5 Å². The summed E-state index contributed by atoms with van der Waals surface area (Å²) >= 11 is 0. The topological polar surface area (TPSA) is 73.9 Å². The number of hydrogen-bond acceptors (Lipinski definition) is 5. The highest BCUT2D eigenvalue weighted by Gasteiger charge is 2.34. The van der Waals surface area contributed by atoms with Gasteiger partial charge in [-0.05, 0) is 37.1 Å². The predicted molar refractivity (Wildman–Crippen MR) is 113 cm³/mol. The molecule has 1 atom stereocenters.